The van der Waals surface area contributed by atoms with Gasteiger partial charge in [-0.15, -0.1) is 0 Å². The Hall–Kier alpha value is -3.39. The minimum Gasteiger partial charge on any atom is -0.507 e. The van der Waals surface area contributed by atoms with Gasteiger partial charge < -0.3 is 15.9 Å². The third-order valence-electron chi connectivity index (χ3n) is 8.49. The summed E-state index contributed by atoms with van der Waals surface area (Å²) < 4.78 is 0. The first-order chi connectivity index (χ1) is 18.4. The molecule has 4 rings (SSSR count). The lowest BCUT2D eigenvalue weighted by atomic mass is 9.52. The van der Waals surface area contributed by atoms with Gasteiger partial charge in [-0.2, -0.15) is 0 Å². The summed E-state index contributed by atoms with van der Waals surface area (Å²) in [6.07, 6.45) is 0.173. The number of hydrogen-bond acceptors (Lipinski definition) is 9. The Morgan fingerprint density at radius 3 is 2.27 bits per heavy atom. The number of carbonyl (C=O) groups is 5. The average Bonchev–Trinajstić information content (AvgIpc) is 2.81. The molecule has 40 heavy (non-hydrogen) atoms. The third-order valence-corrected chi connectivity index (χ3v) is 8.49. The largest absolute Gasteiger partial charge is 0.507 e. The van der Waals surface area contributed by atoms with Crippen LogP contribution in [0.3, 0.4) is 0 Å². The molecule has 3 aliphatic carbocycles. The summed E-state index contributed by atoms with van der Waals surface area (Å²) >= 11 is 0. The quantitative estimate of drug-likeness (QED) is 0.349. The number of benzene rings is 1. The van der Waals surface area contributed by atoms with E-state index in [1.54, 1.807) is 20.2 Å². The SMILES string of the molecule is CN(C)CC#Cc1cc(C(C)(C)C)c(O)c2c1CC1CC3C(N(C)C)C(=O)C(C(N)=O)C(=O)C3(O)C(=O)C1C2=O. The van der Waals surface area contributed by atoms with Gasteiger partial charge in [-0.05, 0) is 64.0 Å². The molecule has 1 aromatic rings. The van der Waals surface area contributed by atoms with E-state index in [9.17, 15) is 34.2 Å². The Morgan fingerprint density at radius 1 is 1.12 bits per heavy atom. The first-order valence-corrected chi connectivity index (χ1v) is 13.3. The van der Waals surface area contributed by atoms with Crippen molar-refractivity contribution < 1.29 is 34.2 Å². The molecular formula is C30H37N3O7. The van der Waals surface area contributed by atoms with Crippen molar-refractivity contribution in [2.75, 3.05) is 34.7 Å². The second-order valence-electron chi connectivity index (χ2n) is 12.8. The number of nitrogens with two attached hydrogens (primary N) is 1. The molecule has 6 atom stereocenters. The van der Waals surface area contributed by atoms with Crippen LogP contribution in [0.5, 0.6) is 5.75 Å². The highest BCUT2D eigenvalue weighted by molar-refractivity contribution is 6.32. The number of Topliss-reactive ketones (excluding diaryl/α,β-unsaturated/α-hetero) is 4. The Balaban J connectivity index is 1.92. The summed E-state index contributed by atoms with van der Waals surface area (Å²) in [6.45, 7) is 6.10. The number of nitrogens with zero attached hydrogens (tertiary/aromatic N) is 2. The fraction of sp³-hybridized carbons (Fsp3) is 0.567. The van der Waals surface area contributed by atoms with Crippen LogP contribution in [-0.4, -0.2) is 95.4 Å². The molecule has 0 spiro atoms. The van der Waals surface area contributed by atoms with Crippen LogP contribution < -0.4 is 5.73 Å². The minimum absolute atomic E-state index is 0.00372. The van der Waals surface area contributed by atoms with Crippen molar-refractivity contribution in [3.8, 4) is 17.6 Å². The van der Waals surface area contributed by atoms with E-state index >= 15 is 0 Å². The van der Waals surface area contributed by atoms with Crippen molar-refractivity contribution in [2.45, 2.75) is 50.7 Å². The third kappa shape index (κ3) is 4.37. The van der Waals surface area contributed by atoms with Gasteiger partial charge in [0, 0.05) is 17.0 Å². The Labute approximate surface area is 233 Å². The molecule has 10 nitrogen and oxygen atoms in total. The first-order valence-electron chi connectivity index (χ1n) is 13.3. The van der Waals surface area contributed by atoms with Gasteiger partial charge in [0.25, 0.3) is 0 Å². The zero-order valence-corrected chi connectivity index (χ0v) is 24.0. The lowest BCUT2D eigenvalue weighted by Crippen LogP contribution is -2.74. The van der Waals surface area contributed by atoms with E-state index < -0.39 is 69.8 Å². The van der Waals surface area contributed by atoms with Gasteiger partial charge in [-0.3, -0.25) is 33.8 Å². The van der Waals surface area contributed by atoms with Gasteiger partial charge in [0.1, 0.15) is 5.75 Å². The van der Waals surface area contributed by atoms with Gasteiger partial charge in [-0.1, -0.05) is 32.6 Å². The molecule has 0 aromatic heterocycles. The summed E-state index contributed by atoms with van der Waals surface area (Å²) in [4.78, 5) is 70.3. The van der Waals surface area contributed by atoms with Gasteiger partial charge >= 0.3 is 0 Å². The van der Waals surface area contributed by atoms with Gasteiger partial charge in [0.2, 0.25) is 5.91 Å². The van der Waals surface area contributed by atoms with Crippen LogP contribution in [0.2, 0.25) is 0 Å². The molecule has 0 radical (unpaired) electrons. The van der Waals surface area contributed by atoms with Crippen molar-refractivity contribution in [2.24, 2.45) is 29.4 Å². The maximum Gasteiger partial charge on any atom is 0.235 e. The highest BCUT2D eigenvalue weighted by Crippen LogP contribution is 2.52. The molecule has 2 fully saturated rings. The monoisotopic (exact) mass is 551 g/mol. The highest BCUT2D eigenvalue weighted by atomic mass is 16.3. The number of ketones is 4. The molecule has 0 heterocycles. The molecule has 2 saturated carbocycles. The fourth-order valence-electron chi connectivity index (χ4n) is 6.65. The predicted octanol–water partition coefficient (Wildman–Crippen LogP) is 0.0776. The fourth-order valence-corrected chi connectivity index (χ4v) is 6.65. The number of phenols is 1. The molecular weight excluding hydrogens is 514 g/mol. The second-order valence-corrected chi connectivity index (χ2v) is 12.8. The maximum atomic E-state index is 14.1. The van der Waals surface area contributed by atoms with Crippen LogP contribution in [0.15, 0.2) is 6.07 Å². The Morgan fingerprint density at radius 2 is 1.75 bits per heavy atom. The van der Waals surface area contributed by atoms with E-state index in [0.717, 1.165) is 0 Å². The summed E-state index contributed by atoms with van der Waals surface area (Å²) in [5.74, 6) is -4.36. The van der Waals surface area contributed by atoms with Crippen LogP contribution in [0.4, 0.5) is 0 Å². The van der Waals surface area contributed by atoms with Crippen LogP contribution in [0.25, 0.3) is 0 Å². The Kier molecular flexibility index (Phi) is 7.33. The lowest BCUT2D eigenvalue weighted by Gasteiger charge is -2.52. The normalized spacial score (nSPS) is 30.0. The standard InChI is InChI=1S/C30H37N3O7/c1-29(2,3)18-12-14(9-8-10-32(4)5)16-11-15-13-17-22(33(6)7)25(36)21(28(31)39)27(38)30(17,40)26(37)19(15)24(35)20(16)23(18)34/h12,15,17,19,21-22,34,40H,10-11,13H2,1-7H3,(H2,31,39). The van der Waals surface area contributed by atoms with Crippen molar-refractivity contribution in [1.29, 1.82) is 0 Å². The minimum atomic E-state index is -2.75. The average molecular weight is 552 g/mol. The van der Waals surface area contributed by atoms with E-state index in [1.807, 2.05) is 39.8 Å². The van der Waals surface area contributed by atoms with Gasteiger partial charge in [0.05, 0.1) is 24.1 Å². The summed E-state index contributed by atoms with van der Waals surface area (Å²) in [5.41, 5.74) is 3.57. The molecule has 214 valence electrons. The molecule has 0 bridgehead atoms. The number of likely N-dealkylation sites (N-methyl/N-ethyl adjacent to an activating group) is 1. The highest BCUT2D eigenvalue weighted by Gasteiger charge is 2.69. The van der Waals surface area contributed by atoms with Gasteiger partial charge in [0.15, 0.2) is 34.7 Å². The van der Waals surface area contributed by atoms with Crippen molar-refractivity contribution >= 4 is 29.0 Å². The smallest absolute Gasteiger partial charge is 0.235 e. The number of aromatic hydroxyl groups is 1. The van der Waals surface area contributed by atoms with Crippen LogP contribution in [-0.2, 0) is 31.0 Å². The number of hydrogen-bond donors (Lipinski definition) is 3. The second kappa shape index (κ2) is 9.91. The number of amides is 1. The van der Waals surface area contributed by atoms with Crippen LogP contribution in [0, 0.1) is 35.5 Å². The van der Waals surface area contributed by atoms with E-state index in [4.69, 9.17) is 5.73 Å². The lowest BCUT2D eigenvalue weighted by molar-refractivity contribution is -0.181. The molecule has 6 unspecified atom stereocenters. The van der Waals surface area contributed by atoms with Gasteiger partial charge in [-0.25, -0.2) is 0 Å². The summed E-state index contributed by atoms with van der Waals surface area (Å²) in [7, 11) is 6.86. The van der Waals surface area contributed by atoms with E-state index in [2.05, 4.69) is 11.8 Å². The molecule has 3 aliphatic rings. The zero-order chi connectivity index (χ0) is 30.1. The number of primary amides is 1. The molecule has 10 heteroatoms. The van der Waals surface area contributed by atoms with E-state index in [1.165, 1.54) is 4.90 Å². The van der Waals surface area contributed by atoms with Crippen molar-refractivity contribution in [1.82, 2.24) is 9.80 Å². The first kappa shape index (κ1) is 29.6. The van der Waals surface area contributed by atoms with Crippen LogP contribution >= 0.6 is 0 Å². The van der Waals surface area contributed by atoms with E-state index in [0.29, 0.717) is 23.2 Å². The molecule has 1 amide bonds. The number of fused-ring (bicyclic) bond motifs is 3. The summed E-state index contributed by atoms with van der Waals surface area (Å²) in [6, 6.07) is 0.636. The number of phenolic OH excluding ortho intramolecular Hbond substituents is 1. The molecule has 1 aromatic carbocycles. The van der Waals surface area contributed by atoms with Crippen molar-refractivity contribution in [3.63, 3.8) is 0 Å². The number of carbonyl (C=O) groups excluding carboxylic acids is 5. The number of aliphatic hydroxyl groups is 1. The predicted molar refractivity (Wildman–Crippen MR) is 145 cm³/mol. The number of rotatable bonds is 3. The molecule has 0 saturated heterocycles. The zero-order valence-electron chi connectivity index (χ0n) is 24.0. The summed E-state index contributed by atoms with van der Waals surface area (Å²) in [5, 5.41) is 23.1. The van der Waals surface area contributed by atoms with Crippen molar-refractivity contribution in [3.05, 3.63) is 28.3 Å². The Bertz CT molecular complexity index is 1390. The van der Waals surface area contributed by atoms with E-state index in [-0.39, 0.29) is 24.2 Å². The topological polar surface area (TPSA) is 158 Å². The van der Waals surface area contributed by atoms with Crippen LogP contribution in [0.1, 0.15) is 54.2 Å². The maximum absolute atomic E-state index is 14.1. The molecule has 0 aliphatic heterocycles. The molecule has 4 N–H and O–H groups in total.